The first-order valence-corrected chi connectivity index (χ1v) is 11.4. The fraction of sp³-hybridized carbons (Fsp3) is 0.667. The van der Waals surface area contributed by atoms with Gasteiger partial charge < -0.3 is 24.8 Å². The lowest BCUT2D eigenvalue weighted by molar-refractivity contribution is -0.147. The quantitative estimate of drug-likeness (QED) is 0.404. The van der Waals surface area contributed by atoms with Crippen LogP contribution >= 0.6 is 11.8 Å². The number of nitrogens with one attached hydrogen (secondary N) is 1. The van der Waals surface area contributed by atoms with E-state index >= 15 is 0 Å². The van der Waals surface area contributed by atoms with E-state index in [1.807, 2.05) is 23.9 Å². The maximum atomic E-state index is 11.6. The van der Waals surface area contributed by atoms with Crippen molar-refractivity contribution in [3.8, 4) is 5.75 Å². The molecule has 1 saturated heterocycles. The smallest absolute Gasteiger partial charge is 0.308 e. The van der Waals surface area contributed by atoms with Crippen LogP contribution in [0.5, 0.6) is 5.75 Å². The number of rotatable bonds is 12. The molecule has 0 saturated carbocycles. The van der Waals surface area contributed by atoms with Crippen LogP contribution in [0, 0.1) is 5.92 Å². The van der Waals surface area contributed by atoms with Gasteiger partial charge in [-0.15, -0.1) is 0 Å². The van der Waals surface area contributed by atoms with Gasteiger partial charge in [0.05, 0.1) is 13.0 Å². The second kappa shape index (κ2) is 13.0. The second-order valence-corrected chi connectivity index (χ2v) is 8.22. The number of likely N-dealkylation sites (tertiary alicyclic amines) is 1. The van der Waals surface area contributed by atoms with Gasteiger partial charge in [-0.05, 0) is 68.6 Å². The Balaban J connectivity index is 1.62. The minimum absolute atomic E-state index is 0.00631. The van der Waals surface area contributed by atoms with E-state index in [4.69, 9.17) is 9.47 Å². The molecule has 0 bridgehead atoms. The fourth-order valence-corrected chi connectivity index (χ4v) is 3.77. The highest BCUT2D eigenvalue weighted by atomic mass is 32.2. The molecule has 1 aromatic carbocycles. The van der Waals surface area contributed by atoms with Crippen molar-refractivity contribution < 1.29 is 19.4 Å². The van der Waals surface area contributed by atoms with Crippen molar-refractivity contribution in [2.24, 2.45) is 5.92 Å². The van der Waals surface area contributed by atoms with Crippen LogP contribution < -0.4 is 10.1 Å². The molecule has 1 aromatic rings. The van der Waals surface area contributed by atoms with E-state index in [0.29, 0.717) is 6.54 Å². The largest absolute Gasteiger partial charge is 0.491 e. The maximum absolute atomic E-state index is 11.6. The highest BCUT2D eigenvalue weighted by Gasteiger charge is 2.26. The summed E-state index contributed by atoms with van der Waals surface area (Å²) in [6.45, 7) is 4.32. The van der Waals surface area contributed by atoms with Crippen LogP contribution in [-0.2, 0) is 16.1 Å². The molecule has 2 N–H and O–H groups in total. The minimum atomic E-state index is -0.549. The van der Waals surface area contributed by atoms with E-state index in [9.17, 15) is 9.90 Å². The molecule has 1 fully saturated rings. The molecule has 0 spiro atoms. The molecule has 0 radical (unpaired) electrons. The number of β-amino-alcohol motifs (C(OH)–C–C–N with tert-alkyl or cyclic N) is 1. The van der Waals surface area contributed by atoms with Crippen LogP contribution in [0.1, 0.15) is 24.8 Å². The number of benzene rings is 1. The highest BCUT2D eigenvalue weighted by Crippen LogP contribution is 2.19. The van der Waals surface area contributed by atoms with Gasteiger partial charge in [0, 0.05) is 13.1 Å². The summed E-state index contributed by atoms with van der Waals surface area (Å²) in [5, 5.41) is 13.7. The van der Waals surface area contributed by atoms with Crippen LogP contribution in [0.25, 0.3) is 0 Å². The summed E-state index contributed by atoms with van der Waals surface area (Å²) in [7, 11) is 1.44. The number of piperidine rings is 1. The van der Waals surface area contributed by atoms with Crippen LogP contribution in [0.4, 0.5) is 0 Å². The topological polar surface area (TPSA) is 71.0 Å². The first-order chi connectivity index (χ1) is 13.6. The number of aliphatic hydroxyl groups excluding tert-OH is 1. The zero-order valence-electron chi connectivity index (χ0n) is 17.1. The Labute approximate surface area is 173 Å². The molecule has 158 valence electrons. The van der Waals surface area contributed by atoms with Gasteiger partial charge >= 0.3 is 5.97 Å². The van der Waals surface area contributed by atoms with Crippen LogP contribution in [0.3, 0.4) is 0 Å². The molecular weight excluding hydrogens is 376 g/mol. The van der Waals surface area contributed by atoms with Gasteiger partial charge in [0.2, 0.25) is 0 Å². The Morgan fingerprint density at radius 2 is 2.04 bits per heavy atom. The van der Waals surface area contributed by atoms with E-state index in [2.05, 4.69) is 28.6 Å². The summed E-state index contributed by atoms with van der Waals surface area (Å²) in [4.78, 5) is 13.7. The highest BCUT2D eigenvalue weighted by molar-refractivity contribution is 7.98. The lowest BCUT2D eigenvalue weighted by Crippen LogP contribution is -2.42. The number of hydrogen-bond acceptors (Lipinski definition) is 7. The van der Waals surface area contributed by atoms with Gasteiger partial charge in [-0.1, -0.05) is 12.1 Å². The molecule has 1 atom stereocenters. The maximum Gasteiger partial charge on any atom is 0.308 e. The monoisotopic (exact) mass is 410 g/mol. The third kappa shape index (κ3) is 8.39. The van der Waals surface area contributed by atoms with Gasteiger partial charge in [0.25, 0.3) is 0 Å². The van der Waals surface area contributed by atoms with Gasteiger partial charge in [0.15, 0.2) is 0 Å². The molecular formula is C21H34N2O4S. The van der Waals surface area contributed by atoms with Crippen molar-refractivity contribution >= 4 is 17.7 Å². The molecule has 1 aliphatic rings. The Kier molecular flexibility index (Phi) is 10.7. The van der Waals surface area contributed by atoms with Crippen molar-refractivity contribution in [3.05, 3.63) is 29.8 Å². The zero-order valence-corrected chi connectivity index (χ0v) is 17.9. The summed E-state index contributed by atoms with van der Waals surface area (Å²) in [6.07, 6.45) is 4.33. The van der Waals surface area contributed by atoms with Gasteiger partial charge in [0.1, 0.15) is 18.5 Å². The molecule has 0 aromatic heterocycles. The fourth-order valence-electron chi connectivity index (χ4n) is 3.34. The van der Waals surface area contributed by atoms with Crippen LogP contribution in [0.15, 0.2) is 24.3 Å². The molecule has 7 heteroatoms. The summed E-state index contributed by atoms with van der Waals surface area (Å²) in [5.74, 6) is 1.83. The van der Waals surface area contributed by atoms with Gasteiger partial charge in [-0.3, -0.25) is 4.79 Å². The van der Waals surface area contributed by atoms with Crippen molar-refractivity contribution in [3.63, 3.8) is 0 Å². The van der Waals surface area contributed by atoms with Crippen molar-refractivity contribution in [1.29, 1.82) is 0 Å². The third-order valence-corrected chi connectivity index (χ3v) is 5.68. The van der Waals surface area contributed by atoms with E-state index in [1.165, 1.54) is 24.8 Å². The Bertz CT molecular complexity index is 562. The summed E-state index contributed by atoms with van der Waals surface area (Å²) < 4.78 is 10.5. The lowest BCUT2D eigenvalue weighted by Gasteiger charge is -2.31. The van der Waals surface area contributed by atoms with Crippen LogP contribution in [0.2, 0.25) is 0 Å². The summed E-state index contributed by atoms with van der Waals surface area (Å²) in [6, 6.07) is 8.02. The van der Waals surface area contributed by atoms with E-state index in [-0.39, 0.29) is 18.5 Å². The number of esters is 1. The SMILES string of the molecule is COC(=O)C1CCN(CC(O)COc2ccc(CNCCCSC)cc2)CC1. The average Bonchev–Trinajstić information content (AvgIpc) is 2.73. The summed E-state index contributed by atoms with van der Waals surface area (Å²) in [5.41, 5.74) is 1.23. The molecule has 0 aliphatic carbocycles. The number of hydrogen-bond donors (Lipinski definition) is 2. The molecule has 6 nitrogen and oxygen atoms in total. The number of thioether (sulfide) groups is 1. The zero-order chi connectivity index (χ0) is 20.2. The lowest BCUT2D eigenvalue weighted by atomic mass is 9.97. The second-order valence-electron chi connectivity index (χ2n) is 7.23. The predicted molar refractivity (Wildman–Crippen MR) is 114 cm³/mol. The van der Waals surface area contributed by atoms with Gasteiger partial charge in [-0.25, -0.2) is 0 Å². The number of methoxy groups -OCH3 is 1. The van der Waals surface area contributed by atoms with E-state index < -0.39 is 6.10 Å². The van der Waals surface area contributed by atoms with Crippen molar-refractivity contribution in [2.75, 3.05) is 51.9 Å². The molecule has 1 aliphatic heterocycles. The molecule has 0 amide bonds. The Hall–Kier alpha value is -1.28. The number of nitrogens with zero attached hydrogens (tertiary/aromatic N) is 1. The Morgan fingerprint density at radius 1 is 1.32 bits per heavy atom. The normalized spacial score (nSPS) is 16.7. The predicted octanol–water partition coefficient (Wildman–Crippen LogP) is 2.15. The number of carbonyl (C=O) groups excluding carboxylic acids is 1. The molecule has 1 heterocycles. The van der Waals surface area contributed by atoms with Crippen molar-refractivity contribution in [2.45, 2.75) is 31.9 Å². The average molecular weight is 411 g/mol. The van der Waals surface area contributed by atoms with E-state index in [0.717, 1.165) is 44.8 Å². The van der Waals surface area contributed by atoms with E-state index in [1.54, 1.807) is 0 Å². The summed E-state index contributed by atoms with van der Waals surface area (Å²) >= 11 is 1.87. The molecule has 28 heavy (non-hydrogen) atoms. The first-order valence-electron chi connectivity index (χ1n) is 10.0. The standard InChI is InChI=1S/C21H34N2O4S/c1-26-21(25)18-8-11-23(12-9-18)15-19(24)16-27-20-6-4-17(5-7-20)14-22-10-3-13-28-2/h4-7,18-19,22,24H,3,8-16H2,1-2H3. The van der Waals surface area contributed by atoms with Crippen molar-refractivity contribution in [1.82, 2.24) is 10.2 Å². The number of ether oxygens (including phenoxy) is 2. The molecule has 2 rings (SSSR count). The third-order valence-electron chi connectivity index (χ3n) is 4.99. The first kappa shape index (κ1) is 23.0. The number of carbonyl (C=O) groups is 1. The van der Waals surface area contributed by atoms with Gasteiger partial charge in [-0.2, -0.15) is 11.8 Å². The number of aliphatic hydroxyl groups is 1. The minimum Gasteiger partial charge on any atom is -0.491 e. The Morgan fingerprint density at radius 3 is 2.68 bits per heavy atom. The molecule has 1 unspecified atom stereocenters. The van der Waals surface area contributed by atoms with Crippen LogP contribution in [-0.4, -0.2) is 74.0 Å².